The molecule has 1 heterocycles. The van der Waals surface area contributed by atoms with Gasteiger partial charge in [0.2, 0.25) is 10.0 Å². The van der Waals surface area contributed by atoms with Gasteiger partial charge in [0.05, 0.1) is 17.6 Å². The molecule has 1 N–H and O–H groups in total. The number of piperidine rings is 1. The topological polar surface area (TPSA) is 92.8 Å². The summed E-state index contributed by atoms with van der Waals surface area (Å²) in [6, 6.07) is 10.9. The van der Waals surface area contributed by atoms with Gasteiger partial charge in [-0.1, -0.05) is 12.5 Å². The zero-order chi connectivity index (χ0) is 21.0. The third-order valence-corrected chi connectivity index (χ3v) is 6.86. The summed E-state index contributed by atoms with van der Waals surface area (Å²) in [4.78, 5) is 24.4. The molecule has 2 aromatic rings. The predicted octanol–water partition coefficient (Wildman–Crippen LogP) is 3.21. The molecule has 0 atom stereocenters. The number of hydrogen-bond acceptors (Lipinski definition) is 5. The summed E-state index contributed by atoms with van der Waals surface area (Å²) in [5.74, 6) is -0.877. The van der Waals surface area contributed by atoms with E-state index >= 15 is 0 Å². The minimum atomic E-state index is -3.62. The lowest BCUT2D eigenvalue weighted by Gasteiger charge is -2.26. The zero-order valence-electron chi connectivity index (χ0n) is 16.5. The Morgan fingerprint density at radius 3 is 2.28 bits per heavy atom. The summed E-state index contributed by atoms with van der Waals surface area (Å²) in [5.41, 5.74) is 1.83. The van der Waals surface area contributed by atoms with Crippen molar-refractivity contribution >= 4 is 27.6 Å². The van der Waals surface area contributed by atoms with Gasteiger partial charge in [-0.2, -0.15) is 4.31 Å². The number of aryl methyl sites for hydroxylation is 1. The molecule has 1 aliphatic rings. The number of methoxy groups -OCH3 is 1. The largest absolute Gasteiger partial charge is 0.465 e. The molecule has 0 aromatic heterocycles. The molecule has 154 valence electrons. The van der Waals surface area contributed by atoms with Gasteiger partial charge in [0.15, 0.2) is 0 Å². The van der Waals surface area contributed by atoms with Crippen molar-refractivity contribution in [3.8, 4) is 0 Å². The van der Waals surface area contributed by atoms with Crippen LogP contribution in [0.2, 0.25) is 0 Å². The van der Waals surface area contributed by atoms with Gasteiger partial charge in [-0.15, -0.1) is 0 Å². The number of esters is 1. The fourth-order valence-electron chi connectivity index (χ4n) is 3.27. The number of anilines is 1. The van der Waals surface area contributed by atoms with Gasteiger partial charge >= 0.3 is 5.97 Å². The number of benzene rings is 2. The van der Waals surface area contributed by atoms with Crippen molar-refractivity contribution in [2.45, 2.75) is 31.1 Å². The number of ether oxygens (including phenoxy) is 1. The van der Waals surface area contributed by atoms with Crippen LogP contribution in [0.25, 0.3) is 0 Å². The van der Waals surface area contributed by atoms with Crippen LogP contribution in [0.5, 0.6) is 0 Å². The average Bonchev–Trinajstić information content (AvgIpc) is 2.74. The van der Waals surface area contributed by atoms with Crippen LogP contribution >= 0.6 is 0 Å². The highest BCUT2D eigenvalue weighted by Crippen LogP contribution is 2.23. The number of carbonyl (C=O) groups is 2. The molecule has 3 rings (SSSR count). The van der Waals surface area contributed by atoms with E-state index in [0.717, 1.165) is 19.3 Å². The standard InChI is InChI=1S/C21H24N2O5S/c1-15-6-11-18(29(26,27)23-12-4-3-5-13-23)14-19(15)20(24)22-17-9-7-16(8-10-17)21(25)28-2/h6-11,14H,3-5,12-13H2,1-2H3,(H,22,24). The lowest BCUT2D eigenvalue weighted by Crippen LogP contribution is -2.35. The van der Waals surface area contributed by atoms with Crippen molar-refractivity contribution in [3.05, 3.63) is 59.2 Å². The van der Waals surface area contributed by atoms with Crippen molar-refractivity contribution in [2.24, 2.45) is 0 Å². The number of amides is 1. The molecule has 0 unspecified atom stereocenters. The molecule has 1 amide bonds. The second-order valence-corrected chi connectivity index (χ2v) is 8.90. The predicted molar refractivity (Wildman–Crippen MR) is 110 cm³/mol. The summed E-state index contributed by atoms with van der Waals surface area (Å²) in [5, 5.41) is 2.74. The van der Waals surface area contributed by atoms with Crippen LogP contribution in [-0.2, 0) is 14.8 Å². The first-order valence-electron chi connectivity index (χ1n) is 9.43. The van der Waals surface area contributed by atoms with E-state index in [1.54, 1.807) is 43.3 Å². The Labute approximate surface area is 170 Å². The minimum Gasteiger partial charge on any atom is -0.465 e. The second-order valence-electron chi connectivity index (χ2n) is 6.96. The maximum absolute atomic E-state index is 12.9. The lowest BCUT2D eigenvalue weighted by molar-refractivity contribution is 0.0600. The quantitative estimate of drug-likeness (QED) is 0.756. The number of rotatable bonds is 5. The van der Waals surface area contributed by atoms with Crippen molar-refractivity contribution in [1.82, 2.24) is 4.31 Å². The molecule has 2 aromatic carbocycles. The van der Waals surface area contributed by atoms with Crippen molar-refractivity contribution < 1.29 is 22.7 Å². The molecule has 1 fully saturated rings. The van der Waals surface area contributed by atoms with E-state index in [2.05, 4.69) is 10.1 Å². The molecule has 0 aliphatic carbocycles. The number of carbonyl (C=O) groups excluding carboxylic acids is 2. The average molecular weight is 416 g/mol. The smallest absolute Gasteiger partial charge is 0.337 e. The van der Waals surface area contributed by atoms with Crippen molar-refractivity contribution in [3.63, 3.8) is 0 Å². The van der Waals surface area contributed by atoms with Crippen LogP contribution < -0.4 is 5.32 Å². The van der Waals surface area contributed by atoms with Gasteiger partial charge in [-0.3, -0.25) is 4.79 Å². The summed E-state index contributed by atoms with van der Waals surface area (Å²) in [6.45, 7) is 2.77. The van der Waals surface area contributed by atoms with Crippen LogP contribution in [0.1, 0.15) is 45.5 Å². The summed E-state index contributed by atoms with van der Waals surface area (Å²) in [6.07, 6.45) is 2.72. The highest BCUT2D eigenvalue weighted by Gasteiger charge is 2.27. The molecule has 1 aliphatic heterocycles. The van der Waals surface area contributed by atoms with Crippen LogP contribution in [0, 0.1) is 6.92 Å². The van der Waals surface area contributed by atoms with E-state index in [4.69, 9.17) is 0 Å². The summed E-state index contributed by atoms with van der Waals surface area (Å²) in [7, 11) is -2.33. The van der Waals surface area contributed by atoms with Crippen LogP contribution in [0.3, 0.4) is 0 Å². The van der Waals surface area contributed by atoms with E-state index in [-0.39, 0.29) is 4.90 Å². The third kappa shape index (κ3) is 4.65. The maximum atomic E-state index is 12.9. The fourth-order valence-corrected chi connectivity index (χ4v) is 4.81. The van der Waals surface area contributed by atoms with Crippen LogP contribution in [0.4, 0.5) is 5.69 Å². The minimum absolute atomic E-state index is 0.121. The van der Waals surface area contributed by atoms with Crippen LogP contribution in [0.15, 0.2) is 47.4 Å². The zero-order valence-corrected chi connectivity index (χ0v) is 17.3. The Morgan fingerprint density at radius 1 is 1.00 bits per heavy atom. The first-order valence-corrected chi connectivity index (χ1v) is 10.9. The highest BCUT2D eigenvalue weighted by atomic mass is 32.2. The number of nitrogens with zero attached hydrogens (tertiary/aromatic N) is 1. The van der Waals surface area contributed by atoms with E-state index in [9.17, 15) is 18.0 Å². The van der Waals surface area contributed by atoms with E-state index < -0.39 is 21.9 Å². The molecular weight excluding hydrogens is 392 g/mol. The fraction of sp³-hybridized carbons (Fsp3) is 0.333. The number of sulfonamides is 1. The SMILES string of the molecule is COC(=O)c1ccc(NC(=O)c2cc(S(=O)(=O)N3CCCCC3)ccc2C)cc1. The molecule has 0 radical (unpaired) electrons. The van der Waals surface area contributed by atoms with E-state index in [0.29, 0.717) is 35.5 Å². The Bertz CT molecular complexity index is 1010. The van der Waals surface area contributed by atoms with Gasteiger partial charge in [0.25, 0.3) is 5.91 Å². The van der Waals surface area contributed by atoms with Gasteiger partial charge in [-0.25, -0.2) is 13.2 Å². The molecule has 8 heteroatoms. The van der Waals surface area contributed by atoms with Gasteiger partial charge in [0.1, 0.15) is 0 Å². The number of nitrogens with one attached hydrogen (secondary N) is 1. The van der Waals surface area contributed by atoms with E-state index in [1.807, 2.05) is 0 Å². The molecule has 0 bridgehead atoms. The molecule has 29 heavy (non-hydrogen) atoms. The van der Waals surface area contributed by atoms with Gasteiger partial charge < -0.3 is 10.1 Å². The second kappa shape index (κ2) is 8.75. The van der Waals surface area contributed by atoms with Gasteiger partial charge in [0, 0.05) is 24.3 Å². The molecule has 1 saturated heterocycles. The molecular formula is C21H24N2O5S. The highest BCUT2D eigenvalue weighted by molar-refractivity contribution is 7.89. The lowest BCUT2D eigenvalue weighted by atomic mass is 10.1. The van der Waals surface area contributed by atoms with Crippen molar-refractivity contribution in [2.75, 3.05) is 25.5 Å². The Balaban J connectivity index is 1.82. The normalized spacial score (nSPS) is 15.0. The first kappa shape index (κ1) is 21.0. The maximum Gasteiger partial charge on any atom is 0.337 e. The van der Waals surface area contributed by atoms with Crippen LogP contribution in [-0.4, -0.2) is 44.8 Å². The molecule has 7 nitrogen and oxygen atoms in total. The Morgan fingerprint density at radius 2 is 1.66 bits per heavy atom. The number of hydrogen-bond donors (Lipinski definition) is 1. The summed E-state index contributed by atoms with van der Waals surface area (Å²) < 4.78 is 32.0. The Hall–Kier alpha value is -2.71. The molecule has 0 spiro atoms. The third-order valence-electron chi connectivity index (χ3n) is 4.97. The van der Waals surface area contributed by atoms with Crippen molar-refractivity contribution in [1.29, 1.82) is 0 Å². The molecule has 0 saturated carbocycles. The summed E-state index contributed by atoms with van der Waals surface area (Å²) >= 11 is 0. The Kier molecular flexibility index (Phi) is 6.34. The van der Waals surface area contributed by atoms with E-state index in [1.165, 1.54) is 17.5 Å². The van der Waals surface area contributed by atoms with Gasteiger partial charge in [-0.05, 0) is 61.7 Å². The first-order chi connectivity index (χ1) is 13.8. The monoisotopic (exact) mass is 416 g/mol.